The van der Waals surface area contributed by atoms with Crippen LogP contribution in [0.5, 0.6) is 5.75 Å². The van der Waals surface area contributed by atoms with Crippen molar-refractivity contribution in [2.45, 2.75) is 25.8 Å². The second kappa shape index (κ2) is 11.0. The summed E-state index contributed by atoms with van der Waals surface area (Å²) in [6.45, 7) is 2.94. The molecule has 0 bridgehead atoms. The van der Waals surface area contributed by atoms with Crippen LogP contribution in [0.25, 0.3) is 0 Å². The summed E-state index contributed by atoms with van der Waals surface area (Å²) in [5, 5.41) is 6.17. The number of amides is 1. The molecule has 0 saturated heterocycles. The maximum absolute atomic E-state index is 12.3. The van der Waals surface area contributed by atoms with Crippen molar-refractivity contribution in [1.82, 2.24) is 5.32 Å². The molecule has 4 nitrogen and oxygen atoms in total. The summed E-state index contributed by atoms with van der Waals surface area (Å²) >= 11 is 0. The first-order valence-electron chi connectivity index (χ1n) is 10.1. The van der Waals surface area contributed by atoms with Crippen LogP contribution < -0.4 is 15.4 Å². The van der Waals surface area contributed by atoms with Gasteiger partial charge in [-0.1, -0.05) is 66.7 Å². The minimum atomic E-state index is -0.0750. The van der Waals surface area contributed by atoms with Crippen LogP contribution in [0.15, 0.2) is 84.9 Å². The number of ether oxygens (including phenoxy) is 1. The van der Waals surface area contributed by atoms with Crippen molar-refractivity contribution in [2.24, 2.45) is 0 Å². The monoisotopic (exact) mass is 388 g/mol. The number of aryl methyl sites for hydroxylation is 1. The first-order valence-corrected chi connectivity index (χ1v) is 10.1. The standard InChI is InChI=1S/C25H28N2O2/c1-20(22-13-6-3-7-14-22)26-19-25(28)27-23-15-8-16-24(18-23)29-17-9-12-21-10-4-2-5-11-21/h2-8,10-11,13-16,18,20,26H,9,12,17,19H2,1H3,(H,27,28). The highest BCUT2D eigenvalue weighted by Gasteiger charge is 2.08. The van der Waals surface area contributed by atoms with Crippen molar-refractivity contribution < 1.29 is 9.53 Å². The highest BCUT2D eigenvalue weighted by molar-refractivity contribution is 5.92. The van der Waals surface area contributed by atoms with Gasteiger partial charge < -0.3 is 15.4 Å². The summed E-state index contributed by atoms with van der Waals surface area (Å²) < 4.78 is 5.84. The van der Waals surface area contributed by atoms with Gasteiger partial charge in [0.15, 0.2) is 0 Å². The van der Waals surface area contributed by atoms with Crippen LogP contribution in [0, 0.1) is 0 Å². The molecule has 0 radical (unpaired) electrons. The fourth-order valence-corrected chi connectivity index (χ4v) is 3.09. The molecular formula is C25H28N2O2. The predicted octanol–water partition coefficient (Wildman–Crippen LogP) is 4.99. The summed E-state index contributed by atoms with van der Waals surface area (Å²) in [5.74, 6) is 0.690. The first-order chi connectivity index (χ1) is 14.2. The van der Waals surface area contributed by atoms with Gasteiger partial charge in [-0.25, -0.2) is 0 Å². The molecule has 3 rings (SSSR count). The van der Waals surface area contributed by atoms with Gasteiger partial charge >= 0.3 is 0 Å². The average molecular weight is 389 g/mol. The van der Waals surface area contributed by atoms with Crippen molar-refractivity contribution in [2.75, 3.05) is 18.5 Å². The van der Waals surface area contributed by atoms with E-state index in [0.717, 1.165) is 29.8 Å². The number of carbonyl (C=O) groups is 1. The Hall–Kier alpha value is -3.11. The Kier molecular flexibility index (Phi) is 7.84. The van der Waals surface area contributed by atoms with Crippen molar-refractivity contribution in [1.29, 1.82) is 0 Å². The van der Waals surface area contributed by atoms with E-state index in [9.17, 15) is 4.79 Å². The fraction of sp³-hybridized carbons (Fsp3) is 0.240. The lowest BCUT2D eigenvalue weighted by Crippen LogP contribution is -2.30. The molecule has 29 heavy (non-hydrogen) atoms. The number of nitrogens with one attached hydrogen (secondary N) is 2. The zero-order valence-corrected chi connectivity index (χ0v) is 16.8. The molecule has 1 unspecified atom stereocenters. The molecule has 0 aromatic heterocycles. The minimum Gasteiger partial charge on any atom is -0.494 e. The molecule has 2 N–H and O–H groups in total. The third-order valence-electron chi connectivity index (χ3n) is 4.71. The number of benzene rings is 3. The zero-order valence-electron chi connectivity index (χ0n) is 16.8. The normalized spacial score (nSPS) is 11.6. The molecule has 0 aliphatic rings. The lowest BCUT2D eigenvalue weighted by molar-refractivity contribution is -0.115. The summed E-state index contributed by atoms with van der Waals surface area (Å²) in [6, 6.07) is 28.1. The van der Waals surface area contributed by atoms with E-state index in [1.807, 2.05) is 67.6 Å². The largest absolute Gasteiger partial charge is 0.494 e. The topological polar surface area (TPSA) is 50.4 Å². The van der Waals surface area contributed by atoms with Crippen molar-refractivity contribution in [3.05, 3.63) is 96.1 Å². The molecule has 1 atom stereocenters. The van der Waals surface area contributed by atoms with E-state index in [4.69, 9.17) is 4.74 Å². The van der Waals surface area contributed by atoms with Gasteiger partial charge in [0.2, 0.25) is 5.91 Å². The molecule has 3 aromatic carbocycles. The number of carbonyl (C=O) groups excluding carboxylic acids is 1. The van der Waals surface area contributed by atoms with Gasteiger partial charge in [0.25, 0.3) is 0 Å². The molecule has 0 aliphatic carbocycles. The van der Waals surface area contributed by atoms with Crippen LogP contribution in [0.2, 0.25) is 0 Å². The molecule has 0 fully saturated rings. The molecule has 0 aliphatic heterocycles. The third-order valence-corrected chi connectivity index (χ3v) is 4.71. The molecule has 0 spiro atoms. The number of hydrogen-bond acceptors (Lipinski definition) is 3. The maximum Gasteiger partial charge on any atom is 0.238 e. The number of hydrogen-bond donors (Lipinski definition) is 2. The Morgan fingerprint density at radius 3 is 2.41 bits per heavy atom. The van der Waals surface area contributed by atoms with Crippen LogP contribution >= 0.6 is 0 Å². The van der Waals surface area contributed by atoms with Gasteiger partial charge in [0.1, 0.15) is 5.75 Å². The average Bonchev–Trinajstić information content (AvgIpc) is 2.77. The Morgan fingerprint density at radius 1 is 0.931 bits per heavy atom. The number of rotatable bonds is 10. The van der Waals surface area contributed by atoms with Crippen molar-refractivity contribution in [3.8, 4) is 5.75 Å². The smallest absolute Gasteiger partial charge is 0.238 e. The van der Waals surface area contributed by atoms with Crippen LogP contribution in [-0.2, 0) is 11.2 Å². The third kappa shape index (κ3) is 7.09. The maximum atomic E-state index is 12.3. The minimum absolute atomic E-state index is 0.0750. The quantitative estimate of drug-likeness (QED) is 0.481. The summed E-state index contributed by atoms with van der Waals surface area (Å²) in [7, 11) is 0. The van der Waals surface area contributed by atoms with E-state index < -0.39 is 0 Å². The SMILES string of the molecule is CC(NCC(=O)Nc1cccc(OCCCc2ccccc2)c1)c1ccccc1. The van der Waals surface area contributed by atoms with E-state index >= 15 is 0 Å². The second-order valence-electron chi connectivity index (χ2n) is 7.03. The van der Waals surface area contributed by atoms with Crippen molar-refractivity contribution >= 4 is 11.6 Å². The Balaban J connectivity index is 1.41. The lowest BCUT2D eigenvalue weighted by Gasteiger charge is -2.14. The Bertz CT molecular complexity index is 882. The van der Waals surface area contributed by atoms with E-state index in [1.54, 1.807) is 0 Å². The molecule has 3 aromatic rings. The van der Waals surface area contributed by atoms with E-state index in [0.29, 0.717) is 6.61 Å². The van der Waals surface area contributed by atoms with Gasteiger partial charge in [-0.05, 0) is 43.0 Å². The van der Waals surface area contributed by atoms with Gasteiger partial charge in [-0.2, -0.15) is 0 Å². The van der Waals surface area contributed by atoms with Crippen LogP contribution in [0.1, 0.15) is 30.5 Å². The van der Waals surface area contributed by atoms with E-state index in [2.05, 4.69) is 34.9 Å². The fourth-order valence-electron chi connectivity index (χ4n) is 3.09. The van der Waals surface area contributed by atoms with E-state index in [1.165, 1.54) is 5.56 Å². The van der Waals surface area contributed by atoms with Gasteiger partial charge in [0, 0.05) is 17.8 Å². The molecule has 0 heterocycles. The summed E-state index contributed by atoms with van der Waals surface area (Å²) in [6.07, 6.45) is 1.93. The molecule has 1 amide bonds. The molecule has 4 heteroatoms. The predicted molar refractivity (Wildman–Crippen MR) is 118 cm³/mol. The number of anilines is 1. The van der Waals surface area contributed by atoms with Gasteiger partial charge in [0.05, 0.1) is 13.2 Å². The Morgan fingerprint density at radius 2 is 1.66 bits per heavy atom. The molecule has 150 valence electrons. The zero-order chi connectivity index (χ0) is 20.3. The molecule has 0 saturated carbocycles. The second-order valence-corrected chi connectivity index (χ2v) is 7.03. The first kappa shape index (κ1) is 20.6. The van der Waals surface area contributed by atoms with Crippen LogP contribution in [0.4, 0.5) is 5.69 Å². The molecular weight excluding hydrogens is 360 g/mol. The van der Waals surface area contributed by atoms with Gasteiger partial charge in [-0.3, -0.25) is 4.79 Å². The van der Waals surface area contributed by atoms with Crippen LogP contribution in [0.3, 0.4) is 0 Å². The highest BCUT2D eigenvalue weighted by Crippen LogP contribution is 2.18. The summed E-state index contributed by atoms with van der Waals surface area (Å²) in [5.41, 5.74) is 3.21. The Labute approximate surface area is 172 Å². The highest BCUT2D eigenvalue weighted by atomic mass is 16.5. The van der Waals surface area contributed by atoms with Crippen LogP contribution in [-0.4, -0.2) is 19.1 Å². The van der Waals surface area contributed by atoms with Crippen molar-refractivity contribution in [3.63, 3.8) is 0 Å². The summed E-state index contributed by atoms with van der Waals surface area (Å²) in [4.78, 5) is 12.3. The van der Waals surface area contributed by atoms with Gasteiger partial charge in [-0.15, -0.1) is 0 Å². The lowest BCUT2D eigenvalue weighted by atomic mass is 10.1. The van der Waals surface area contributed by atoms with E-state index in [-0.39, 0.29) is 18.5 Å².